The molecule has 0 spiro atoms. The van der Waals surface area contributed by atoms with E-state index in [4.69, 9.17) is 0 Å². The second-order valence-corrected chi connectivity index (χ2v) is 33.0. The number of hydrogen-bond donors (Lipinski definition) is 2. The normalized spacial score (nSPS) is 11.5. The molecule has 121 heavy (non-hydrogen) atoms. The molecule has 0 fully saturated rings. The first-order valence-corrected chi connectivity index (χ1v) is 42.7. The van der Waals surface area contributed by atoms with E-state index < -0.39 is 7.12 Å². The van der Waals surface area contributed by atoms with Crippen LogP contribution < -0.4 is 5.46 Å². The van der Waals surface area contributed by atoms with Crippen LogP contribution in [0.1, 0.15) is 0 Å². The Morgan fingerprint density at radius 1 is 0.149 bits per heavy atom. The van der Waals surface area contributed by atoms with Gasteiger partial charge in [-0.3, -0.25) is 0 Å². The molecule has 0 aliphatic heterocycles. The van der Waals surface area contributed by atoms with Gasteiger partial charge in [0.2, 0.25) is 0 Å². The van der Waals surface area contributed by atoms with Gasteiger partial charge in [0.25, 0.3) is 0 Å². The number of rotatable bonds is 10. The van der Waals surface area contributed by atoms with Crippen LogP contribution in [0.4, 0.5) is 0 Å². The maximum atomic E-state index is 10.1. The molecule has 0 heterocycles. The summed E-state index contributed by atoms with van der Waals surface area (Å²) in [5, 5.41) is 46.5. The van der Waals surface area contributed by atoms with Gasteiger partial charge in [0.15, 0.2) is 0 Å². The standard InChI is InChI=1S/C70H44.C24H17BO2.C22H14Br2/c1-3-17-51-43-53(41-31-45(51)15-1)69-63-23-9-5-19-59(63)67(60-20-6-10-24-64(60)69)49-37-33-47(34-38-49)55-27-13-30-58-56(28-14-29-57(55)58)48-35-39-50(40-36-48)68-61-21-7-11-25-65(61)70(66-26-12-8-22-62(66)68)54-42-32-46-16-2-4-18-52(46)44-54;26-25(27)24-21-11-5-3-9-19(21)23(20-10-4-6-12-22(20)24)18-14-13-16-7-1-2-8-17(16)15-18;23-17-11-7-15(8-12-17)19-3-1-5-21-20(4-2-6-22(19)21)16-9-13-18(24)14-10-16/h1-44H;1-15,26-27H;1-14H. The monoisotopic (exact) mass is 1670 g/mol. The maximum absolute atomic E-state index is 10.1. The number of halogens is 2. The lowest BCUT2D eigenvalue weighted by Gasteiger charge is -2.18. The van der Waals surface area contributed by atoms with E-state index in [1.165, 1.54) is 186 Å². The fourth-order valence-corrected chi connectivity index (χ4v) is 19.3. The largest absolute Gasteiger partial charge is 0.489 e. The lowest BCUT2D eigenvalue weighted by Crippen LogP contribution is -2.31. The third-order valence-corrected chi connectivity index (χ3v) is 25.4. The Kier molecular flexibility index (Phi) is 19.7. The van der Waals surface area contributed by atoms with Crippen molar-refractivity contribution >= 4 is 163 Å². The van der Waals surface area contributed by atoms with Crippen molar-refractivity contribution in [3.63, 3.8) is 0 Å². The zero-order chi connectivity index (χ0) is 81.0. The van der Waals surface area contributed by atoms with Crippen molar-refractivity contribution in [2.45, 2.75) is 0 Å². The van der Waals surface area contributed by atoms with Gasteiger partial charge in [-0.05, 0) is 267 Å². The van der Waals surface area contributed by atoms with Crippen LogP contribution in [0.5, 0.6) is 0 Å². The maximum Gasteiger partial charge on any atom is 0.489 e. The van der Waals surface area contributed by atoms with Crippen LogP contribution in [0.15, 0.2) is 452 Å². The second-order valence-electron chi connectivity index (χ2n) is 31.2. The van der Waals surface area contributed by atoms with Crippen molar-refractivity contribution in [2.75, 3.05) is 0 Å². The van der Waals surface area contributed by atoms with Gasteiger partial charge < -0.3 is 10.0 Å². The van der Waals surface area contributed by atoms with Crippen molar-refractivity contribution in [1.82, 2.24) is 0 Å². The Balaban J connectivity index is 0.000000143. The molecule has 5 heteroatoms. The molecule has 568 valence electrons. The summed E-state index contributed by atoms with van der Waals surface area (Å²) >= 11 is 7.02. The van der Waals surface area contributed by atoms with Crippen molar-refractivity contribution in [1.29, 1.82) is 0 Å². The zero-order valence-corrected chi connectivity index (χ0v) is 69.0. The van der Waals surface area contributed by atoms with Crippen molar-refractivity contribution < 1.29 is 10.0 Å². The van der Waals surface area contributed by atoms with Crippen molar-refractivity contribution in [3.8, 4) is 100 Å². The molecule has 0 aliphatic rings. The molecule has 23 aromatic rings. The van der Waals surface area contributed by atoms with E-state index in [0.717, 1.165) is 41.6 Å². The summed E-state index contributed by atoms with van der Waals surface area (Å²) in [5.41, 5.74) is 22.7. The van der Waals surface area contributed by atoms with Crippen LogP contribution in [0.3, 0.4) is 0 Å². The topological polar surface area (TPSA) is 40.5 Å². The minimum absolute atomic E-state index is 0.561. The molecule has 0 saturated heterocycles. The quantitative estimate of drug-likeness (QED) is 0.106. The third-order valence-electron chi connectivity index (χ3n) is 24.3. The van der Waals surface area contributed by atoms with E-state index in [9.17, 15) is 10.0 Å². The first-order valence-electron chi connectivity index (χ1n) is 41.1. The fraction of sp³-hybridized carbons (Fsp3) is 0. The molecular weight excluding hydrogens is 1600 g/mol. The predicted octanol–water partition coefficient (Wildman–Crippen LogP) is 32.0. The lowest BCUT2D eigenvalue weighted by atomic mass is 9.72. The van der Waals surface area contributed by atoms with E-state index in [1.807, 2.05) is 48.5 Å². The van der Waals surface area contributed by atoms with Crippen LogP contribution >= 0.6 is 31.9 Å². The highest BCUT2D eigenvalue weighted by molar-refractivity contribution is 9.10. The Morgan fingerprint density at radius 2 is 0.331 bits per heavy atom. The molecule has 2 N–H and O–H groups in total. The Hall–Kier alpha value is -14.1. The van der Waals surface area contributed by atoms with Gasteiger partial charge in [-0.1, -0.05) is 432 Å². The molecular formula is C116H75BBr2O2. The molecule has 0 aliphatic carbocycles. The van der Waals surface area contributed by atoms with Gasteiger partial charge >= 0.3 is 7.12 Å². The summed E-state index contributed by atoms with van der Waals surface area (Å²) in [5.74, 6) is 0. The van der Waals surface area contributed by atoms with E-state index in [0.29, 0.717) is 5.46 Å². The average molecular weight is 1670 g/mol. The molecule has 23 rings (SSSR count). The summed E-state index contributed by atoms with van der Waals surface area (Å²) in [4.78, 5) is 0. The molecule has 2 nitrogen and oxygen atoms in total. The minimum atomic E-state index is -1.52. The minimum Gasteiger partial charge on any atom is -0.423 e. The smallest absolute Gasteiger partial charge is 0.423 e. The molecule has 0 saturated carbocycles. The van der Waals surface area contributed by atoms with Gasteiger partial charge in [0.05, 0.1) is 0 Å². The van der Waals surface area contributed by atoms with Gasteiger partial charge in [-0.2, -0.15) is 0 Å². The van der Waals surface area contributed by atoms with Gasteiger partial charge in [-0.25, -0.2) is 0 Å². The summed E-state index contributed by atoms with van der Waals surface area (Å²) in [6.45, 7) is 0. The molecule has 0 aromatic heterocycles. The van der Waals surface area contributed by atoms with Crippen molar-refractivity contribution in [2.24, 2.45) is 0 Å². The molecule has 0 amide bonds. The van der Waals surface area contributed by atoms with E-state index in [-0.39, 0.29) is 0 Å². The lowest BCUT2D eigenvalue weighted by molar-refractivity contribution is 0.426. The van der Waals surface area contributed by atoms with Gasteiger partial charge in [-0.15, -0.1) is 0 Å². The van der Waals surface area contributed by atoms with Crippen molar-refractivity contribution in [3.05, 3.63) is 452 Å². The average Bonchev–Trinajstić information content (AvgIpc) is 0.764. The van der Waals surface area contributed by atoms with Gasteiger partial charge in [0.1, 0.15) is 0 Å². The number of fused-ring (bicyclic) bond motifs is 11. The van der Waals surface area contributed by atoms with E-state index in [1.54, 1.807) is 0 Å². The molecule has 0 unspecified atom stereocenters. The molecule has 0 bridgehead atoms. The Morgan fingerprint density at radius 3 is 0.579 bits per heavy atom. The predicted molar refractivity (Wildman–Crippen MR) is 526 cm³/mol. The Labute approximate surface area is 719 Å². The highest BCUT2D eigenvalue weighted by Crippen LogP contribution is 2.49. The van der Waals surface area contributed by atoms with Crippen LogP contribution in [0.2, 0.25) is 0 Å². The van der Waals surface area contributed by atoms with Crippen LogP contribution in [0.25, 0.3) is 219 Å². The molecule has 23 aromatic carbocycles. The fourth-order valence-electron chi connectivity index (χ4n) is 18.8. The highest BCUT2D eigenvalue weighted by Gasteiger charge is 2.25. The number of benzene rings is 23. The van der Waals surface area contributed by atoms with Crippen LogP contribution in [-0.2, 0) is 0 Å². The SMILES string of the molecule is Brc1ccc(-c2cccc3c(-c4ccc(Br)cc4)cccc23)cc1.OB(O)c1c2ccccc2c(-c2ccc3ccccc3c2)c2ccccc12.c1ccc2cc(-c3c4ccccc4c(-c4ccc(-c5cccc6c(-c7ccc(-c8c9ccccc9c(-c9ccc%10ccccc%10c9)c9ccccc89)cc7)cccc56)cc4)c4ccccc34)ccc2c1. The highest BCUT2D eigenvalue weighted by atomic mass is 79.9. The van der Waals surface area contributed by atoms with E-state index >= 15 is 0 Å². The molecule has 0 atom stereocenters. The van der Waals surface area contributed by atoms with Gasteiger partial charge in [0, 0.05) is 8.95 Å². The first-order chi connectivity index (χ1) is 59.7. The Bertz CT molecular complexity index is 7450. The summed E-state index contributed by atoms with van der Waals surface area (Å²) in [7, 11) is -1.52. The summed E-state index contributed by atoms with van der Waals surface area (Å²) in [6.07, 6.45) is 0. The van der Waals surface area contributed by atoms with Crippen LogP contribution in [0, 0.1) is 0 Å². The molecule has 0 radical (unpaired) electrons. The first kappa shape index (κ1) is 74.4. The second kappa shape index (κ2) is 32.0. The third kappa shape index (κ3) is 13.8. The summed E-state index contributed by atoms with van der Waals surface area (Å²) in [6, 6.07) is 160. The zero-order valence-electron chi connectivity index (χ0n) is 65.9. The number of hydrogen-bond acceptors (Lipinski definition) is 2. The summed E-state index contributed by atoms with van der Waals surface area (Å²) < 4.78 is 2.20. The van der Waals surface area contributed by atoms with Crippen LogP contribution in [-0.4, -0.2) is 17.2 Å². The van der Waals surface area contributed by atoms with E-state index in [2.05, 4.69) is 426 Å².